The molecule has 0 unspecified atom stereocenters. The van der Waals surface area contributed by atoms with E-state index in [1.54, 1.807) is 6.07 Å². The van der Waals surface area contributed by atoms with Crippen LogP contribution in [0, 0.1) is 12.8 Å². The SMILES string of the molecule is Cc1c(C(=O)O)ccc2c1N[C@@H](c1ccccc1Cl)[C@@H]1CC=C[C@@H]21. The van der Waals surface area contributed by atoms with E-state index >= 15 is 0 Å². The molecule has 1 aliphatic heterocycles. The van der Waals surface area contributed by atoms with Crippen molar-refractivity contribution in [3.05, 3.63) is 75.8 Å². The summed E-state index contributed by atoms with van der Waals surface area (Å²) in [6, 6.07) is 11.6. The average molecular weight is 340 g/mol. The number of halogens is 1. The van der Waals surface area contributed by atoms with Crippen LogP contribution in [-0.2, 0) is 0 Å². The summed E-state index contributed by atoms with van der Waals surface area (Å²) in [5, 5.41) is 13.8. The summed E-state index contributed by atoms with van der Waals surface area (Å²) in [7, 11) is 0. The van der Waals surface area contributed by atoms with Gasteiger partial charge in [-0.1, -0.05) is 48.0 Å². The van der Waals surface area contributed by atoms with Gasteiger partial charge < -0.3 is 10.4 Å². The third-order valence-corrected chi connectivity index (χ3v) is 5.61. The lowest BCUT2D eigenvalue weighted by Crippen LogP contribution is -2.30. The molecule has 122 valence electrons. The van der Waals surface area contributed by atoms with E-state index in [0.717, 1.165) is 28.3 Å². The summed E-state index contributed by atoms with van der Waals surface area (Å²) in [5.74, 6) is -0.202. The molecular weight excluding hydrogens is 322 g/mol. The van der Waals surface area contributed by atoms with Crippen LogP contribution in [0.25, 0.3) is 0 Å². The Labute approximate surface area is 146 Å². The van der Waals surface area contributed by atoms with Gasteiger partial charge in [0.05, 0.1) is 11.6 Å². The predicted molar refractivity (Wildman–Crippen MR) is 95.9 cm³/mol. The topological polar surface area (TPSA) is 49.3 Å². The molecule has 4 heteroatoms. The fraction of sp³-hybridized carbons (Fsp3) is 0.250. The maximum Gasteiger partial charge on any atom is 0.336 e. The average Bonchev–Trinajstić information content (AvgIpc) is 3.05. The van der Waals surface area contributed by atoms with Crippen LogP contribution in [0.15, 0.2) is 48.6 Å². The highest BCUT2D eigenvalue weighted by molar-refractivity contribution is 6.31. The van der Waals surface area contributed by atoms with Crippen LogP contribution in [0.4, 0.5) is 5.69 Å². The summed E-state index contributed by atoms with van der Waals surface area (Å²) in [6.07, 6.45) is 5.46. The quantitative estimate of drug-likeness (QED) is 0.742. The van der Waals surface area contributed by atoms with Crippen molar-refractivity contribution in [3.8, 4) is 0 Å². The first-order valence-corrected chi connectivity index (χ1v) is 8.50. The van der Waals surface area contributed by atoms with Crippen molar-refractivity contribution in [2.45, 2.75) is 25.3 Å². The lowest BCUT2D eigenvalue weighted by Gasteiger charge is -2.39. The molecule has 0 saturated heterocycles. The Hall–Kier alpha value is -2.26. The highest BCUT2D eigenvalue weighted by Gasteiger charge is 2.39. The number of carboxylic acid groups (broad SMARTS) is 1. The first kappa shape index (κ1) is 15.3. The Balaban J connectivity index is 1.87. The molecule has 0 spiro atoms. The van der Waals surface area contributed by atoms with E-state index in [2.05, 4.69) is 23.5 Å². The summed E-state index contributed by atoms with van der Waals surface area (Å²) in [4.78, 5) is 11.5. The number of anilines is 1. The van der Waals surface area contributed by atoms with E-state index < -0.39 is 5.97 Å². The van der Waals surface area contributed by atoms with Crippen LogP contribution >= 0.6 is 11.6 Å². The van der Waals surface area contributed by atoms with Crippen LogP contribution in [0.1, 0.15) is 45.4 Å². The third-order valence-electron chi connectivity index (χ3n) is 5.27. The molecule has 2 aromatic rings. The zero-order valence-corrected chi connectivity index (χ0v) is 14.0. The van der Waals surface area contributed by atoms with Crippen molar-refractivity contribution in [3.63, 3.8) is 0 Å². The van der Waals surface area contributed by atoms with Gasteiger partial charge in [0.2, 0.25) is 0 Å². The Bertz CT molecular complexity index is 859. The van der Waals surface area contributed by atoms with Gasteiger partial charge in [0.1, 0.15) is 0 Å². The van der Waals surface area contributed by atoms with Crippen LogP contribution in [0.3, 0.4) is 0 Å². The second-order valence-corrected chi connectivity index (χ2v) is 6.91. The van der Waals surface area contributed by atoms with Crippen LogP contribution < -0.4 is 5.32 Å². The molecule has 24 heavy (non-hydrogen) atoms. The fourth-order valence-electron chi connectivity index (χ4n) is 4.08. The van der Waals surface area contributed by atoms with Gasteiger partial charge in [-0.2, -0.15) is 0 Å². The maximum atomic E-state index is 11.5. The molecular formula is C20H18ClNO2. The number of hydrogen-bond donors (Lipinski definition) is 2. The van der Waals surface area contributed by atoms with Crippen molar-refractivity contribution < 1.29 is 9.90 Å². The Morgan fingerprint density at radius 1 is 1.21 bits per heavy atom. The van der Waals surface area contributed by atoms with Gasteiger partial charge in [-0.3, -0.25) is 0 Å². The van der Waals surface area contributed by atoms with Crippen LogP contribution in [0.2, 0.25) is 5.02 Å². The van der Waals surface area contributed by atoms with Gasteiger partial charge in [-0.25, -0.2) is 4.79 Å². The number of hydrogen-bond acceptors (Lipinski definition) is 2. The number of carbonyl (C=O) groups is 1. The number of nitrogens with one attached hydrogen (secondary N) is 1. The number of benzene rings is 2. The monoisotopic (exact) mass is 339 g/mol. The molecule has 1 aliphatic carbocycles. The van der Waals surface area contributed by atoms with Gasteiger partial charge in [0, 0.05) is 16.6 Å². The second-order valence-electron chi connectivity index (χ2n) is 6.50. The molecule has 1 heterocycles. The van der Waals surface area contributed by atoms with Crippen LogP contribution in [0.5, 0.6) is 0 Å². The lowest BCUT2D eigenvalue weighted by molar-refractivity contribution is 0.0696. The van der Waals surface area contributed by atoms with Crippen molar-refractivity contribution >= 4 is 23.3 Å². The first-order chi connectivity index (χ1) is 11.6. The molecule has 0 bridgehead atoms. The predicted octanol–water partition coefficient (Wildman–Crippen LogP) is 5.17. The highest BCUT2D eigenvalue weighted by atomic mass is 35.5. The van der Waals surface area contributed by atoms with Crippen LogP contribution in [-0.4, -0.2) is 11.1 Å². The number of aromatic carboxylic acids is 1. The van der Waals surface area contributed by atoms with Gasteiger partial charge in [0.25, 0.3) is 0 Å². The standard InChI is InChI=1S/C20H18ClNO2/c1-11-12(20(23)24)9-10-15-13-6-4-7-14(13)19(22-18(11)15)16-5-2-3-8-17(16)21/h2-6,8-10,13-14,19,22H,7H2,1H3,(H,23,24)/t13-,14-,19-/m1/s1. The highest BCUT2D eigenvalue weighted by Crippen LogP contribution is 2.51. The van der Waals surface area contributed by atoms with Gasteiger partial charge in [-0.05, 0) is 48.1 Å². The molecule has 0 aromatic heterocycles. The molecule has 0 amide bonds. The van der Waals surface area contributed by atoms with E-state index in [4.69, 9.17) is 11.6 Å². The third kappa shape index (κ3) is 2.23. The largest absolute Gasteiger partial charge is 0.478 e. The van der Waals surface area contributed by atoms with E-state index in [1.807, 2.05) is 31.2 Å². The fourth-order valence-corrected chi connectivity index (χ4v) is 4.33. The van der Waals surface area contributed by atoms with E-state index in [-0.39, 0.29) is 6.04 Å². The molecule has 2 aromatic carbocycles. The number of carboxylic acids is 1. The van der Waals surface area contributed by atoms with E-state index in [9.17, 15) is 9.90 Å². The summed E-state index contributed by atoms with van der Waals surface area (Å²) >= 11 is 6.44. The van der Waals surface area contributed by atoms with E-state index in [0.29, 0.717) is 17.4 Å². The number of allylic oxidation sites excluding steroid dienone is 2. The number of rotatable bonds is 2. The molecule has 0 saturated carbocycles. The van der Waals surface area contributed by atoms with Gasteiger partial charge in [-0.15, -0.1) is 0 Å². The lowest BCUT2D eigenvalue weighted by atomic mass is 9.76. The summed E-state index contributed by atoms with van der Waals surface area (Å²) in [5.41, 5.74) is 4.33. The minimum absolute atomic E-state index is 0.0777. The first-order valence-electron chi connectivity index (χ1n) is 8.12. The summed E-state index contributed by atoms with van der Waals surface area (Å²) in [6.45, 7) is 1.87. The minimum atomic E-state index is -0.893. The molecule has 0 fully saturated rings. The number of fused-ring (bicyclic) bond motifs is 3. The minimum Gasteiger partial charge on any atom is -0.478 e. The van der Waals surface area contributed by atoms with E-state index in [1.165, 1.54) is 5.56 Å². The van der Waals surface area contributed by atoms with Crippen molar-refractivity contribution in [2.24, 2.45) is 5.92 Å². The zero-order valence-electron chi connectivity index (χ0n) is 13.3. The Morgan fingerprint density at radius 3 is 2.75 bits per heavy atom. The normalized spacial score (nSPS) is 24.2. The smallest absolute Gasteiger partial charge is 0.336 e. The Kier molecular flexibility index (Phi) is 3.61. The Morgan fingerprint density at radius 2 is 2.00 bits per heavy atom. The van der Waals surface area contributed by atoms with Crippen molar-refractivity contribution in [1.82, 2.24) is 0 Å². The molecule has 0 radical (unpaired) electrons. The maximum absolute atomic E-state index is 11.5. The van der Waals surface area contributed by atoms with Gasteiger partial charge >= 0.3 is 5.97 Å². The molecule has 2 N–H and O–H groups in total. The molecule has 2 aliphatic rings. The van der Waals surface area contributed by atoms with Crippen molar-refractivity contribution in [2.75, 3.05) is 5.32 Å². The second kappa shape index (κ2) is 5.67. The molecule has 3 atom stereocenters. The molecule has 3 nitrogen and oxygen atoms in total. The molecule has 4 rings (SSSR count). The van der Waals surface area contributed by atoms with Crippen molar-refractivity contribution in [1.29, 1.82) is 0 Å². The summed E-state index contributed by atoms with van der Waals surface area (Å²) < 4.78 is 0. The zero-order chi connectivity index (χ0) is 16.8. The van der Waals surface area contributed by atoms with Gasteiger partial charge in [0.15, 0.2) is 0 Å².